The minimum absolute atomic E-state index is 0. The molecule has 0 fully saturated rings. The summed E-state index contributed by atoms with van der Waals surface area (Å²) in [5, 5.41) is 12.4. The Kier molecular flexibility index (Phi) is 7.26. The van der Waals surface area contributed by atoms with Crippen molar-refractivity contribution >= 4 is 29.5 Å². The zero-order valence-electron chi connectivity index (χ0n) is 14.0. The summed E-state index contributed by atoms with van der Waals surface area (Å²) in [7, 11) is 3.91. The van der Waals surface area contributed by atoms with E-state index in [1.54, 1.807) is 0 Å². The van der Waals surface area contributed by atoms with Gasteiger partial charge in [0.1, 0.15) is 5.75 Å². The number of phenols is 1. The second-order valence-corrected chi connectivity index (χ2v) is 6.87. The fourth-order valence-electron chi connectivity index (χ4n) is 2.46. The third-order valence-electron chi connectivity index (χ3n) is 3.86. The SMILES string of the molecule is CCC(C)c1cc(C(=O)c2cccs2)cc(CN(C)C)c1O.Cl. The summed E-state index contributed by atoms with van der Waals surface area (Å²) in [5.74, 6) is 0.572. The normalized spacial score (nSPS) is 12.0. The molecule has 5 heteroatoms. The predicted octanol–water partition coefficient (Wildman–Crippen LogP) is 4.68. The van der Waals surface area contributed by atoms with Crippen LogP contribution in [0.25, 0.3) is 0 Å². The molecule has 0 aliphatic heterocycles. The molecular formula is C18H24ClNO2S. The van der Waals surface area contributed by atoms with Crippen molar-refractivity contribution < 1.29 is 9.90 Å². The minimum Gasteiger partial charge on any atom is -0.507 e. The molecule has 1 aromatic carbocycles. The van der Waals surface area contributed by atoms with Gasteiger partial charge in [-0.3, -0.25) is 4.79 Å². The van der Waals surface area contributed by atoms with Crippen LogP contribution in [0.5, 0.6) is 5.75 Å². The first-order chi connectivity index (χ1) is 10.4. The van der Waals surface area contributed by atoms with Crippen molar-refractivity contribution in [2.75, 3.05) is 14.1 Å². The summed E-state index contributed by atoms with van der Waals surface area (Å²) < 4.78 is 0. The van der Waals surface area contributed by atoms with Gasteiger partial charge in [-0.05, 0) is 55.6 Å². The van der Waals surface area contributed by atoms with Crippen molar-refractivity contribution in [2.45, 2.75) is 32.7 Å². The molecule has 1 atom stereocenters. The second kappa shape index (κ2) is 8.48. The highest BCUT2D eigenvalue weighted by atomic mass is 35.5. The summed E-state index contributed by atoms with van der Waals surface area (Å²) in [6.07, 6.45) is 0.922. The van der Waals surface area contributed by atoms with Crippen molar-refractivity contribution in [1.82, 2.24) is 4.90 Å². The Labute approximate surface area is 148 Å². The van der Waals surface area contributed by atoms with E-state index in [9.17, 15) is 9.90 Å². The molecule has 3 nitrogen and oxygen atoms in total. The fourth-order valence-corrected chi connectivity index (χ4v) is 3.14. The highest BCUT2D eigenvalue weighted by Crippen LogP contribution is 2.34. The number of nitrogens with zero attached hydrogens (tertiary/aromatic N) is 1. The van der Waals surface area contributed by atoms with E-state index in [1.807, 2.05) is 48.6 Å². The number of ketones is 1. The number of carbonyl (C=O) groups is 1. The molecular weight excluding hydrogens is 330 g/mol. The molecule has 0 saturated carbocycles. The lowest BCUT2D eigenvalue weighted by Crippen LogP contribution is -2.13. The van der Waals surface area contributed by atoms with Gasteiger partial charge in [-0.25, -0.2) is 0 Å². The van der Waals surface area contributed by atoms with Crippen LogP contribution in [0.3, 0.4) is 0 Å². The van der Waals surface area contributed by atoms with Gasteiger partial charge in [0.25, 0.3) is 0 Å². The average Bonchev–Trinajstić information content (AvgIpc) is 3.01. The van der Waals surface area contributed by atoms with E-state index in [0.29, 0.717) is 17.9 Å². The molecule has 0 aliphatic carbocycles. The van der Waals surface area contributed by atoms with Gasteiger partial charge in [-0.2, -0.15) is 0 Å². The van der Waals surface area contributed by atoms with E-state index in [0.717, 1.165) is 22.4 Å². The quantitative estimate of drug-likeness (QED) is 0.766. The molecule has 0 radical (unpaired) electrons. The molecule has 0 spiro atoms. The monoisotopic (exact) mass is 353 g/mol. The molecule has 0 aliphatic rings. The van der Waals surface area contributed by atoms with Crippen LogP contribution >= 0.6 is 23.7 Å². The molecule has 23 heavy (non-hydrogen) atoms. The largest absolute Gasteiger partial charge is 0.507 e. The molecule has 126 valence electrons. The van der Waals surface area contributed by atoms with Crippen molar-refractivity contribution in [2.24, 2.45) is 0 Å². The zero-order chi connectivity index (χ0) is 16.3. The Morgan fingerprint density at radius 3 is 2.57 bits per heavy atom. The van der Waals surface area contributed by atoms with Gasteiger partial charge in [0.05, 0.1) is 4.88 Å². The smallest absolute Gasteiger partial charge is 0.202 e. The summed E-state index contributed by atoms with van der Waals surface area (Å²) >= 11 is 1.45. The Balaban J connectivity index is 0.00000264. The van der Waals surface area contributed by atoms with Crippen LogP contribution in [0, 0.1) is 0 Å². The number of benzene rings is 1. The minimum atomic E-state index is 0. The number of rotatable bonds is 6. The van der Waals surface area contributed by atoms with Gasteiger partial charge in [0.2, 0.25) is 5.78 Å². The van der Waals surface area contributed by atoms with Crippen molar-refractivity contribution in [3.8, 4) is 5.75 Å². The third-order valence-corrected chi connectivity index (χ3v) is 4.72. The maximum atomic E-state index is 12.6. The summed E-state index contributed by atoms with van der Waals surface area (Å²) in [6, 6.07) is 7.40. The Hall–Kier alpha value is -1.36. The van der Waals surface area contributed by atoms with Crippen LogP contribution in [0.2, 0.25) is 0 Å². The summed E-state index contributed by atoms with van der Waals surface area (Å²) in [5.41, 5.74) is 2.33. The number of halogens is 1. The maximum absolute atomic E-state index is 12.6. The van der Waals surface area contributed by atoms with Crippen LogP contribution in [0.4, 0.5) is 0 Å². The van der Waals surface area contributed by atoms with Gasteiger partial charge in [-0.1, -0.05) is 19.9 Å². The Morgan fingerprint density at radius 2 is 2.04 bits per heavy atom. The molecule has 1 heterocycles. The van der Waals surface area contributed by atoms with Gasteiger partial charge >= 0.3 is 0 Å². The van der Waals surface area contributed by atoms with E-state index in [4.69, 9.17) is 0 Å². The van der Waals surface area contributed by atoms with Crippen LogP contribution in [-0.4, -0.2) is 29.9 Å². The number of hydrogen-bond acceptors (Lipinski definition) is 4. The first-order valence-corrected chi connectivity index (χ1v) is 8.40. The molecule has 0 saturated heterocycles. The van der Waals surface area contributed by atoms with Gasteiger partial charge < -0.3 is 10.0 Å². The summed E-state index contributed by atoms with van der Waals surface area (Å²) in [6.45, 7) is 4.78. The topological polar surface area (TPSA) is 40.5 Å². The van der Waals surface area contributed by atoms with E-state index >= 15 is 0 Å². The zero-order valence-corrected chi connectivity index (χ0v) is 15.6. The fraction of sp³-hybridized carbons (Fsp3) is 0.389. The molecule has 0 amide bonds. The van der Waals surface area contributed by atoms with Gasteiger partial charge in [0.15, 0.2) is 0 Å². The van der Waals surface area contributed by atoms with Crippen molar-refractivity contribution in [3.63, 3.8) is 0 Å². The van der Waals surface area contributed by atoms with Crippen molar-refractivity contribution in [1.29, 1.82) is 0 Å². The Bertz CT molecular complexity index is 653. The summed E-state index contributed by atoms with van der Waals surface area (Å²) in [4.78, 5) is 15.4. The standard InChI is InChI=1S/C18H23NO2S.ClH/c1-5-12(2)15-10-13(18(21)16-7-6-8-22-16)9-14(17(15)20)11-19(3)4;/h6-10,12,20H,5,11H2,1-4H3;1H. The van der Waals surface area contributed by atoms with E-state index in [2.05, 4.69) is 13.8 Å². The predicted molar refractivity (Wildman–Crippen MR) is 99.2 cm³/mol. The average molecular weight is 354 g/mol. The highest BCUT2D eigenvalue weighted by Gasteiger charge is 2.19. The molecule has 0 bridgehead atoms. The first-order valence-electron chi connectivity index (χ1n) is 7.52. The van der Waals surface area contributed by atoms with E-state index in [1.165, 1.54) is 11.3 Å². The highest BCUT2D eigenvalue weighted by molar-refractivity contribution is 7.12. The van der Waals surface area contributed by atoms with Gasteiger partial charge in [-0.15, -0.1) is 23.7 Å². The Morgan fingerprint density at radius 1 is 1.35 bits per heavy atom. The van der Waals surface area contributed by atoms with E-state index in [-0.39, 0.29) is 24.1 Å². The maximum Gasteiger partial charge on any atom is 0.202 e. The van der Waals surface area contributed by atoms with Crippen LogP contribution in [0.1, 0.15) is 52.5 Å². The molecule has 2 rings (SSSR count). The number of hydrogen-bond donors (Lipinski definition) is 1. The number of phenolic OH excluding ortho intramolecular Hbond substituents is 1. The lowest BCUT2D eigenvalue weighted by atomic mass is 9.91. The van der Waals surface area contributed by atoms with Crippen LogP contribution in [0.15, 0.2) is 29.6 Å². The molecule has 1 aromatic heterocycles. The third kappa shape index (κ3) is 4.56. The van der Waals surface area contributed by atoms with Crippen LogP contribution in [-0.2, 0) is 6.54 Å². The van der Waals surface area contributed by atoms with E-state index < -0.39 is 0 Å². The first kappa shape index (κ1) is 19.7. The van der Waals surface area contributed by atoms with Gasteiger partial charge in [0, 0.05) is 17.7 Å². The molecule has 1 N–H and O–H groups in total. The number of aromatic hydroxyl groups is 1. The van der Waals surface area contributed by atoms with Crippen molar-refractivity contribution in [3.05, 3.63) is 51.2 Å². The second-order valence-electron chi connectivity index (χ2n) is 5.93. The number of thiophene rings is 1. The van der Waals surface area contributed by atoms with Crippen LogP contribution < -0.4 is 0 Å². The molecule has 2 aromatic rings. The molecule has 1 unspecified atom stereocenters. The lowest BCUT2D eigenvalue weighted by Gasteiger charge is -2.18. The lowest BCUT2D eigenvalue weighted by molar-refractivity contribution is 0.104. The number of carbonyl (C=O) groups excluding carboxylic acids is 1.